The van der Waals surface area contributed by atoms with E-state index in [2.05, 4.69) is 33.5 Å². The lowest BCUT2D eigenvalue weighted by atomic mass is 10.2. The van der Waals surface area contributed by atoms with Crippen LogP contribution >= 0.6 is 0 Å². The second kappa shape index (κ2) is 7.20. The van der Waals surface area contributed by atoms with E-state index in [1.807, 2.05) is 24.1 Å². The highest BCUT2D eigenvalue weighted by Gasteiger charge is 2.06. The molecule has 0 unspecified atom stereocenters. The average molecular weight is 282 g/mol. The number of hydrogen-bond donors (Lipinski definition) is 1. The van der Waals surface area contributed by atoms with Gasteiger partial charge in [0.2, 0.25) is 5.95 Å². The van der Waals surface area contributed by atoms with Crippen LogP contribution in [0.15, 0.2) is 30.5 Å². The third kappa shape index (κ3) is 4.14. The minimum atomic E-state index is 0.588. The van der Waals surface area contributed by atoms with Gasteiger partial charge >= 0.3 is 0 Å². The Morgan fingerprint density at radius 2 is 2.24 bits per heavy atom. The Balaban J connectivity index is 2.12. The van der Waals surface area contributed by atoms with E-state index in [1.165, 1.54) is 0 Å². The molecule has 1 N–H and O–H groups in total. The molecule has 0 aliphatic carbocycles. The maximum atomic E-state index is 8.91. The van der Waals surface area contributed by atoms with Gasteiger partial charge < -0.3 is 10.2 Å². The van der Waals surface area contributed by atoms with Crippen molar-refractivity contribution < 1.29 is 0 Å². The second-order valence-electron chi connectivity index (χ2n) is 4.73. The summed E-state index contributed by atoms with van der Waals surface area (Å²) in [4.78, 5) is 6.41. The van der Waals surface area contributed by atoms with Crippen LogP contribution in [0, 0.1) is 11.3 Å². The maximum Gasteiger partial charge on any atom is 0.247 e. The van der Waals surface area contributed by atoms with Crippen molar-refractivity contribution in [1.82, 2.24) is 15.2 Å². The predicted molar refractivity (Wildman–Crippen MR) is 82.4 cm³/mol. The molecule has 21 heavy (non-hydrogen) atoms. The van der Waals surface area contributed by atoms with Crippen LogP contribution in [0.3, 0.4) is 0 Å². The topological polar surface area (TPSA) is 77.7 Å². The lowest BCUT2D eigenvalue weighted by molar-refractivity contribution is 0.741. The average Bonchev–Trinajstić information content (AvgIpc) is 2.53. The molecule has 6 heteroatoms. The number of nitrogens with one attached hydrogen (secondary N) is 1. The van der Waals surface area contributed by atoms with E-state index in [0.29, 0.717) is 17.3 Å². The van der Waals surface area contributed by atoms with Crippen molar-refractivity contribution in [2.75, 3.05) is 23.8 Å². The third-order valence-corrected chi connectivity index (χ3v) is 3.00. The number of anilines is 3. The van der Waals surface area contributed by atoms with Gasteiger partial charge in [-0.15, -0.1) is 5.10 Å². The summed E-state index contributed by atoms with van der Waals surface area (Å²) in [5, 5.41) is 20.1. The van der Waals surface area contributed by atoms with E-state index in [9.17, 15) is 0 Å². The summed E-state index contributed by atoms with van der Waals surface area (Å²) >= 11 is 0. The second-order valence-corrected chi connectivity index (χ2v) is 4.73. The summed E-state index contributed by atoms with van der Waals surface area (Å²) in [6.45, 7) is 3.04. The first-order chi connectivity index (χ1) is 10.2. The molecule has 0 fully saturated rings. The van der Waals surface area contributed by atoms with Crippen LogP contribution in [-0.2, 0) is 0 Å². The van der Waals surface area contributed by atoms with Crippen LogP contribution in [0.2, 0.25) is 0 Å². The number of nitrogens with zero attached hydrogens (tertiary/aromatic N) is 5. The smallest absolute Gasteiger partial charge is 0.247 e. The Kier molecular flexibility index (Phi) is 5.04. The summed E-state index contributed by atoms with van der Waals surface area (Å²) in [5.74, 6) is 1.20. The number of hydrogen-bond acceptors (Lipinski definition) is 6. The first-order valence-electron chi connectivity index (χ1n) is 6.91. The van der Waals surface area contributed by atoms with Gasteiger partial charge in [0, 0.05) is 19.3 Å². The molecule has 6 nitrogen and oxygen atoms in total. The fourth-order valence-electron chi connectivity index (χ4n) is 1.83. The molecule has 0 saturated carbocycles. The van der Waals surface area contributed by atoms with Gasteiger partial charge in [0.25, 0.3) is 0 Å². The Labute approximate surface area is 124 Å². The largest absolute Gasteiger partial charge is 0.343 e. The molecular weight excluding hydrogens is 264 g/mol. The number of unbranched alkanes of at least 4 members (excludes halogenated alkanes) is 1. The Bertz CT molecular complexity index is 634. The molecule has 0 aliphatic heterocycles. The Morgan fingerprint density at radius 3 is 3.00 bits per heavy atom. The molecule has 1 heterocycles. The third-order valence-electron chi connectivity index (χ3n) is 3.00. The summed E-state index contributed by atoms with van der Waals surface area (Å²) in [5.41, 5.74) is 1.40. The van der Waals surface area contributed by atoms with Crippen molar-refractivity contribution in [3.8, 4) is 6.07 Å². The van der Waals surface area contributed by atoms with E-state index < -0.39 is 0 Å². The van der Waals surface area contributed by atoms with Crippen LogP contribution < -0.4 is 10.2 Å². The first-order valence-corrected chi connectivity index (χ1v) is 6.91. The molecule has 0 spiro atoms. The maximum absolute atomic E-state index is 8.91. The summed E-state index contributed by atoms with van der Waals surface area (Å²) in [7, 11) is 1.95. The Hall–Kier alpha value is -2.68. The van der Waals surface area contributed by atoms with Crippen molar-refractivity contribution in [1.29, 1.82) is 5.26 Å². The molecule has 1 aromatic carbocycles. The fraction of sp³-hybridized carbons (Fsp3) is 0.333. The van der Waals surface area contributed by atoms with Crippen molar-refractivity contribution in [2.45, 2.75) is 19.8 Å². The lowest BCUT2D eigenvalue weighted by Gasteiger charge is -2.16. The Morgan fingerprint density at radius 1 is 1.38 bits per heavy atom. The van der Waals surface area contributed by atoms with E-state index >= 15 is 0 Å². The van der Waals surface area contributed by atoms with Crippen LogP contribution in [0.5, 0.6) is 0 Å². The summed E-state index contributed by atoms with van der Waals surface area (Å²) < 4.78 is 0. The van der Waals surface area contributed by atoms with Crippen LogP contribution in [-0.4, -0.2) is 28.8 Å². The van der Waals surface area contributed by atoms with Crippen molar-refractivity contribution in [3.05, 3.63) is 36.0 Å². The molecule has 108 valence electrons. The van der Waals surface area contributed by atoms with Gasteiger partial charge in [-0.2, -0.15) is 15.3 Å². The number of aromatic nitrogens is 3. The van der Waals surface area contributed by atoms with E-state index in [4.69, 9.17) is 5.26 Å². The van der Waals surface area contributed by atoms with Gasteiger partial charge in [-0.25, -0.2) is 0 Å². The van der Waals surface area contributed by atoms with Gasteiger partial charge in [0.15, 0.2) is 5.82 Å². The molecule has 0 saturated heterocycles. The predicted octanol–water partition coefficient (Wildman–Crippen LogP) is 2.72. The fourth-order valence-corrected chi connectivity index (χ4v) is 1.83. The first kappa shape index (κ1) is 14.7. The number of rotatable bonds is 6. The zero-order valence-electron chi connectivity index (χ0n) is 12.2. The molecule has 0 atom stereocenters. The van der Waals surface area contributed by atoms with Crippen molar-refractivity contribution >= 4 is 17.5 Å². The van der Waals surface area contributed by atoms with Crippen LogP contribution in [0.1, 0.15) is 25.3 Å². The highest BCUT2D eigenvalue weighted by molar-refractivity contribution is 5.58. The minimum Gasteiger partial charge on any atom is -0.343 e. The highest BCUT2D eigenvalue weighted by atomic mass is 15.3. The number of nitriles is 1. The molecule has 0 amide bonds. The normalized spacial score (nSPS) is 9.95. The van der Waals surface area contributed by atoms with Crippen molar-refractivity contribution in [3.63, 3.8) is 0 Å². The van der Waals surface area contributed by atoms with Crippen LogP contribution in [0.4, 0.5) is 17.5 Å². The van der Waals surface area contributed by atoms with Gasteiger partial charge in [0.1, 0.15) is 0 Å². The van der Waals surface area contributed by atoms with Crippen LogP contribution in [0.25, 0.3) is 0 Å². The molecule has 1 aromatic heterocycles. The molecule has 2 rings (SSSR count). The SMILES string of the molecule is CCCCN(C)c1nncc(Nc2cccc(C#N)c2)n1. The van der Waals surface area contributed by atoms with Gasteiger partial charge in [0.05, 0.1) is 17.8 Å². The quantitative estimate of drug-likeness (QED) is 0.877. The summed E-state index contributed by atoms with van der Waals surface area (Å²) in [6, 6.07) is 9.33. The molecule has 2 aromatic rings. The van der Waals surface area contributed by atoms with E-state index in [-0.39, 0.29) is 0 Å². The zero-order chi connectivity index (χ0) is 15.1. The molecule has 0 radical (unpaired) electrons. The standard InChI is InChI=1S/C15H18N6/c1-3-4-8-21(2)15-19-14(11-17-20-15)18-13-7-5-6-12(9-13)10-16/h5-7,9,11H,3-4,8H2,1-2H3,(H,18,19,20). The van der Waals surface area contributed by atoms with E-state index in [1.54, 1.807) is 18.3 Å². The van der Waals surface area contributed by atoms with Gasteiger partial charge in [-0.1, -0.05) is 19.4 Å². The molecular formula is C15H18N6. The minimum absolute atomic E-state index is 0.588. The van der Waals surface area contributed by atoms with Gasteiger partial charge in [-0.05, 0) is 24.6 Å². The molecule has 0 bridgehead atoms. The number of benzene rings is 1. The van der Waals surface area contributed by atoms with Crippen molar-refractivity contribution in [2.24, 2.45) is 0 Å². The summed E-state index contributed by atoms with van der Waals surface area (Å²) in [6.07, 6.45) is 3.77. The molecule has 0 aliphatic rings. The monoisotopic (exact) mass is 282 g/mol. The highest BCUT2D eigenvalue weighted by Crippen LogP contribution is 2.16. The van der Waals surface area contributed by atoms with E-state index in [0.717, 1.165) is 25.1 Å². The zero-order valence-corrected chi connectivity index (χ0v) is 12.2. The lowest BCUT2D eigenvalue weighted by Crippen LogP contribution is -2.21. The van der Waals surface area contributed by atoms with Gasteiger partial charge in [-0.3, -0.25) is 0 Å².